The van der Waals surface area contributed by atoms with E-state index in [1.165, 1.54) is 27.3 Å². The van der Waals surface area contributed by atoms with E-state index in [1.54, 1.807) is 35.8 Å². The summed E-state index contributed by atoms with van der Waals surface area (Å²) < 4.78 is 52.6. The van der Waals surface area contributed by atoms with Crippen LogP contribution >= 0.6 is 0 Å². The van der Waals surface area contributed by atoms with Gasteiger partial charge in [0.05, 0.1) is 28.6 Å². The number of fused-ring (bicyclic) bond motifs is 2. The van der Waals surface area contributed by atoms with E-state index in [0.29, 0.717) is 85.5 Å². The monoisotopic (exact) mass is 973 g/mol. The van der Waals surface area contributed by atoms with E-state index >= 15 is 8.78 Å². The van der Waals surface area contributed by atoms with Crippen LogP contribution in [0.4, 0.5) is 18.9 Å². The Labute approximate surface area is 407 Å². The van der Waals surface area contributed by atoms with Crippen LogP contribution in [0.3, 0.4) is 0 Å². The smallest absolute Gasteiger partial charge is 0.329 e. The van der Waals surface area contributed by atoms with Crippen molar-refractivity contribution >= 4 is 51.0 Å². The van der Waals surface area contributed by atoms with E-state index in [2.05, 4.69) is 37.2 Å². The molecule has 16 nitrogen and oxygen atoms in total. The first-order chi connectivity index (χ1) is 34.1. The second-order valence-corrected chi connectivity index (χ2v) is 19.6. The molecule has 0 radical (unpaired) electrons. The Morgan fingerprint density at radius 1 is 0.831 bits per heavy atom. The number of likely N-dealkylation sites (tertiary alicyclic amines) is 1. The Kier molecular flexibility index (Phi) is 13.1. The van der Waals surface area contributed by atoms with E-state index in [1.807, 2.05) is 42.0 Å². The molecule has 8 heterocycles. The number of imidazole rings is 1. The number of benzene rings is 2. The number of nitrogens with zero attached hydrogens (tertiary/aromatic N) is 9. The second kappa shape index (κ2) is 19.4. The summed E-state index contributed by atoms with van der Waals surface area (Å²) in [5.74, 6) is -2.84. The van der Waals surface area contributed by atoms with Gasteiger partial charge in [0.15, 0.2) is 5.82 Å². The molecular weight excluding hydrogens is 916 g/mol. The molecule has 0 spiro atoms. The second-order valence-electron chi connectivity index (χ2n) is 19.6. The van der Waals surface area contributed by atoms with Crippen molar-refractivity contribution in [1.29, 1.82) is 0 Å². The first-order valence-electron chi connectivity index (χ1n) is 24.4. The fourth-order valence-electron chi connectivity index (χ4n) is 11.1. The van der Waals surface area contributed by atoms with Crippen LogP contribution in [0.5, 0.6) is 0 Å². The minimum Gasteiger partial charge on any atom is -0.386 e. The fraction of sp³-hybridized carbons (Fsp3) is 0.423. The molecule has 0 aliphatic carbocycles. The number of nitrogens with one attached hydrogen (secondary N) is 2. The highest BCUT2D eigenvalue weighted by Gasteiger charge is 2.33. The zero-order chi connectivity index (χ0) is 49.8. The van der Waals surface area contributed by atoms with Gasteiger partial charge < -0.3 is 14.8 Å². The molecule has 10 rings (SSSR count). The van der Waals surface area contributed by atoms with Gasteiger partial charge >= 0.3 is 5.69 Å². The summed E-state index contributed by atoms with van der Waals surface area (Å²) in [4.78, 5) is 77.5. The predicted molar refractivity (Wildman–Crippen MR) is 264 cm³/mol. The Bertz CT molecular complexity index is 3230. The molecule has 4 aliphatic heterocycles. The van der Waals surface area contributed by atoms with E-state index < -0.39 is 29.4 Å². The maximum Gasteiger partial charge on any atom is 0.329 e. The molecule has 3 fully saturated rings. The van der Waals surface area contributed by atoms with Crippen LogP contribution in [-0.2, 0) is 36.8 Å². The molecular formula is C52H58F3N11O5. The number of carbonyl (C=O) groups is 3. The summed E-state index contributed by atoms with van der Waals surface area (Å²) >= 11 is 0. The van der Waals surface area contributed by atoms with E-state index in [9.17, 15) is 28.4 Å². The van der Waals surface area contributed by atoms with Crippen molar-refractivity contribution in [3.63, 3.8) is 0 Å². The van der Waals surface area contributed by atoms with Crippen molar-refractivity contribution in [3.05, 3.63) is 128 Å². The lowest BCUT2D eigenvalue weighted by atomic mass is 9.94. The number of pyridine rings is 2. The SMILES string of the molecule is CNc1cc(=O)n(-c2ccnc3c2cc(CN2CC=C(c4c(F)cc(C(=O)N5CCC(CN6CCN(Cc7ccc8c(c7)n(C)c(=O)n8[C@@H]7CCC(=O)NC7=O)C[C@@H]6C)CC5)cc4F)CC2)n3C)cc1F. The number of carbonyl (C=O) groups excluding carboxylic acids is 3. The number of piperazine rings is 1. The molecule has 2 N–H and O–H groups in total. The number of halogens is 3. The van der Waals surface area contributed by atoms with Crippen molar-refractivity contribution in [3.8, 4) is 5.69 Å². The zero-order valence-electron chi connectivity index (χ0n) is 40.4. The molecule has 71 heavy (non-hydrogen) atoms. The number of rotatable bonds is 11. The number of amides is 3. The third-order valence-electron chi connectivity index (χ3n) is 15.2. The number of piperidine rings is 2. The Morgan fingerprint density at radius 2 is 1.61 bits per heavy atom. The highest BCUT2D eigenvalue weighted by molar-refractivity contribution is 6.00. The van der Waals surface area contributed by atoms with Crippen molar-refractivity contribution < 1.29 is 27.6 Å². The lowest BCUT2D eigenvalue weighted by Gasteiger charge is -2.42. The van der Waals surface area contributed by atoms with Crippen molar-refractivity contribution in [2.75, 3.05) is 64.7 Å². The Hall–Kier alpha value is -6.83. The minimum atomic E-state index is -0.757. The maximum absolute atomic E-state index is 15.8. The number of anilines is 1. The Morgan fingerprint density at radius 3 is 2.31 bits per heavy atom. The third-order valence-corrected chi connectivity index (χ3v) is 15.2. The summed E-state index contributed by atoms with van der Waals surface area (Å²) in [5.41, 5.74) is 4.39. The molecule has 372 valence electrons. The third kappa shape index (κ3) is 9.21. The van der Waals surface area contributed by atoms with Crippen molar-refractivity contribution in [2.45, 2.75) is 64.2 Å². The van der Waals surface area contributed by atoms with Crippen LogP contribution in [0, 0.1) is 23.4 Å². The maximum atomic E-state index is 15.8. The number of aryl methyl sites for hydroxylation is 2. The molecule has 0 unspecified atom stereocenters. The average molecular weight is 974 g/mol. The molecule has 19 heteroatoms. The molecule has 0 bridgehead atoms. The van der Waals surface area contributed by atoms with Gasteiger partial charge in [-0.2, -0.15) is 0 Å². The summed E-state index contributed by atoms with van der Waals surface area (Å²) in [5, 5.41) is 5.73. The van der Waals surface area contributed by atoms with Gasteiger partial charge in [-0.15, -0.1) is 0 Å². The Balaban J connectivity index is 0.713. The van der Waals surface area contributed by atoms with Gasteiger partial charge in [-0.25, -0.2) is 22.9 Å². The fourth-order valence-corrected chi connectivity index (χ4v) is 11.1. The lowest BCUT2D eigenvalue weighted by molar-refractivity contribution is -0.135. The topological polar surface area (TPSA) is 155 Å². The first kappa shape index (κ1) is 47.8. The summed E-state index contributed by atoms with van der Waals surface area (Å²) in [6, 6.07) is 12.6. The molecule has 4 aromatic heterocycles. The van der Waals surface area contributed by atoms with Crippen molar-refractivity contribution in [2.24, 2.45) is 20.0 Å². The molecule has 3 saturated heterocycles. The predicted octanol–water partition coefficient (Wildman–Crippen LogP) is 5.16. The van der Waals surface area contributed by atoms with Gasteiger partial charge in [-0.1, -0.05) is 12.1 Å². The quantitative estimate of drug-likeness (QED) is 0.167. The molecule has 0 saturated carbocycles. The first-order valence-corrected chi connectivity index (χ1v) is 24.4. The lowest BCUT2D eigenvalue weighted by Crippen LogP contribution is -2.53. The van der Waals surface area contributed by atoms with Gasteiger partial charge in [0.1, 0.15) is 23.3 Å². The standard InChI is InChI=1S/C52H58F3N11O5/c1-31-26-62(27-33-5-6-43-45(21-33)60(4)52(71)66(43)44-7-8-46(67)58-50(44)69)19-20-64(31)28-32-10-17-63(18-11-32)51(70)35-22-38(53)48(39(54)23-35)34-12-15-61(16-13-34)29-36-24-37-42(9-14-57-49(37)59(36)3)65-30-40(55)41(56-2)25-47(65)68/h5-6,9,12,14,21-25,30-32,44,56H,7-8,10-11,13,15-20,26-29H2,1-4H3,(H,58,67,69)/t31-,44+/m0/s1. The average Bonchev–Trinajstić information content (AvgIpc) is 3.80. The van der Waals surface area contributed by atoms with Gasteiger partial charge in [0.25, 0.3) is 11.5 Å². The van der Waals surface area contributed by atoms with Crippen LogP contribution in [-0.4, -0.2) is 126 Å². The molecule has 4 aliphatic rings. The highest BCUT2D eigenvalue weighted by Crippen LogP contribution is 2.32. The summed E-state index contributed by atoms with van der Waals surface area (Å²) in [6.07, 6.45) is 7.04. The van der Waals surface area contributed by atoms with Crippen LogP contribution < -0.4 is 21.9 Å². The summed E-state index contributed by atoms with van der Waals surface area (Å²) in [7, 11) is 5.13. The van der Waals surface area contributed by atoms with E-state index in [-0.39, 0.29) is 52.7 Å². The number of aromatic nitrogens is 5. The normalized spacial score (nSPS) is 20.0. The highest BCUT2D eigenvalue weighted by atomic mass is 19.1. The van der Waals surface area contributed by atoms with Crippen LogP contribution in [0.2, 0.25) is 0 Å². The van der Waals surface area contributed by atoms with Crippen LogP contribution in [0.25, 0.3) is 33.3 Å². The number of hydrogen-bond donors (Lipinski definition) is 2. The zero-order valence-corrected chi connectivity index (χ0v) is 40.4. The number of imide groups is 1. The van der Waals surface area contributed by atoms with Gasteiger partial charge in [-0.3, -0.25) is 52.9 Å². The molecule has 2 aromatic carbocycles. The largest absolute Gasteiger partial charge is 0.386 e. The molecule has 3 amide bonds. The van der Waals surface area contributed by atoms with Crippen molar-refractivity contribution in [1.82, 2.24) is 48.2 Å². The van der Waals surface area contributed by atoms with Crippen LogP contribution in [0.15, 0.2) is 76.6 Å². The van der Waals surface area contributed by atoms with Gasteiger partial charge in [0.2, 0.25) is 11.8 Å². The van der Waals surface area contributed by atoms with E-state index in [4.69, 9.17) is 0 Å². The molecule has 6 aromatic rings. The van der Waals surface area contributed by atoms with Gasteiger partial charge in [-0.05, 0) is 86.1 Å². The molecule has 2 atom stereocenters. The number of hydrogen-bond acceptors (Lipinski definition) is 10. The van der Waals surface area contributed by atoms with Gasteiger partial charge in [0, 0.05) is 134 Å². The summed E-state index contributed by atoms with van der Waals surface area (Å²) in [6.45, 7) is 8.94. The van der Waals surface area contributed by atoms with Crippen LogP contribution in [0.1, 0.15) is 72.2 Å². The van der Waals surface area contributed by atoms with E-state index in [0.717, 1.165) is 62.0 Å². The minimum absolute atomic E-state index is 0.00460.